The van der Waals surface area contributed by atoms with Crippen molar-refractivity contribution in [3.63, 3.8) is 0 Å². The third-order valence-electron chi connectivity index (χ3n) is 10.8. The number of hydrogen-bond donors (Lipinski definition) is 1. The second-order valence-corrected chi connectivity index (χ2v) is 17.1. The average molecular weight is 691 g/mol. The van der Waals surface area contributed by atoms with Gasteiger partial charge in [-0.15, -0.1) is 17.9 Å². The van der Waals surface area contributed by atoms with E-state index in [1.54, 1.807) is 22.3 Å². The summed E-state index contributed by atoms with van der Waals surface area (Å²) in [7, 11) is -3.78. The number of rotatable bonds is 11. The number of thiazole rings is 1. The fourth-order valence-electron chi connectivity index (χ4n) is 7.44. The highest BCUT2D eigenvalue weighted by atomic mass is 32.2. The molecule has 2 aromatic heterocycles. The molecular formula is C36H42N4O6S2. The van der Waals surface area contributed by atoms with Crippen molar-refractivity contribution in [2.45, 2.75) is 108 Å². The molecule has 1 aromatic carbocycles. The smallest absolute Gasteiger partial charge is 0.240 e. The second-order valence-electron chi connectivity index (χ2n) is 14.3. The zero-order chi connectivity index (χ0) is 34.1. The van der Waals surface area contributed by atoms with E-state index in [1.165, 1.54) is 0 Å². The third-order valence-corrected chi connectivity index (χ3v) is 13.5. The zero-order valence-electron chi connectivity index (χ0n) is 27.8. The maximum absolute atomic E-state index is 14.1. The van der Waals surface area contributed by atoms with E-state index in [2.05, 4.69) is 30.5 Å². The molecule has 4 fully saturated rings. The van der Waals surface area contributed by atoms with Crippen molar-refractivity contribution < 1.29 is 27.5 Å². The van der Waals surface area contributed by atoms with Crippen LogP contribution in [0.15, 0.2) is 36.2 Å². The molecule has 2 amide bonds. The molecule has 1 N–H and O–H groups in total. The number of carbonyl (C=O) groups is 3. The van der Waals surface area contributed by atoms with Gasteiger partial charge in [-0.05, 0) is 75.0 Å². The van der Waals surface area contributed by atoms with Crippen LogP contribution in [-0.2, 0) is 24.4 Å². The van der Waals surface area contributed by atoms with E-state index in [0.29, 0.717) is 50.0 Å². The number of ketones is 1. The predicted octanol–water partition coefficient (Wildman–Crippen LogP) is 5.76. The van der Waals surface area contributed by atoms with Gasteiger partial charge in [0.05, 0.1) is 34.0 Å². The van der Waals surface area contributed by atoms with Crippen molar-refractivity contribution in [1.82, 2.24) is 19.6 Å². The maximum Gasteiger partial charge on any atom is 0.240 e. The largest absolute Gasteiger partial charge is 0.487 e. The summed E-state index contributed by atoms with van der Waals surface area (Å²) >= 11 is 1.54. The van der Waals surface area contributed by atoms with Gasteiger partial charge in [0.15, 0.2) is 5.78 Å². The number of aryl methyl sites for hydroxylation is 2. The molecule has 3 aromatic rings. The van der Waals surface area contributed by atoms with Gasteiger partial charge < -0.3 is 9.64 Å². The molecule has 10 nitrogen and oxygen atoms in total. The van der Waals surface area contributed by atoms with E-state index in [1.807, 2.05) is 32.0 Å². The van der Waals surface area contributed by atoms with Crippen LogP contribution in [0.3, 0.4) is 0 Å². The molecule has 2 saturated heterocycles. The highest BCUT2D eigenvalue weighted by molar-refractivity contribution is 7.90. The van der Waals surface area contributed by atoms with Gasteiger partial charge >= 0.3 is 0 Å². The molecule has 4 aliphatic rings. The summed E-state index contributed by atoms with van der Waals surface area (Å²) in [5.74, 6) is -0.400. The van der Waals surface area contributed by atoms with Crippen molar-refractivity contribution in [3.05, 3.63) is 53.1 Å². The van der Waals surface area contributed by atoms with Gasteiger partial charge in [0.2, 0.25) is 21.8 Å². The first kappa shape index (κ1) is 32.9. The molecule has 254 valence electrons. The van der Waals surface area contributed by atoms with Crippen molar-refractivity contribution >= 4 is 49.9 Å². The molecule has 2 aliphatic heterocycles. The summed E-state index contributed by atoms with van der Waals surface area (Å²) in [6, 6.07) is 4.90. The SMILES string of the molecule is C=C[C@@H]1C[C@]1(CC(=O)[C@@H]1C[C@@H](Oc2cc(-c3nc(C(C)C)cs3)nc3c(C)c(C)ccc23)[C@H]2CCCC(=O)N21)C(=O)NS(=O)(=O)C1CC1. The van der Waals surface area contributed by atoms with Crippen LogP contribution < -0.4 is 9.46 Å². The quantitative estimate of drug-likeness (QED) is 0.251. The standard InChI is InChI=1S/C36H42N4O6S2/c1-6-22-16-36(22,35(43)39-48(44,45)23-11-12-23)17-29(41)28-15-31(27-8-7-9-32(42)40(27)28)46-30-14-25(34-38-26(18-47-34)19(2)3)37-33-21(5)20(4)10-13-24(30)33/h6,10,13-14,18-19,22-23,27-28,31H,1,7-9,11-12,15-17H2,2-5H3,(H,39,43)/t22-,27-,28+,31-,36-/m1/s1. The van der Waals surface area contributed by atoms with E-state index in [9.17, 15) is 22.8 Å². The van der Waals surface area contributed by atoms with E-state index in [0.717, 1.165) is 32.7 Å². The van der Waals surface area contributed by atoms with Crippen LogP contribution >= 0.6 is 11.3 Å². The Morgan fingerprint density at radius 1 is 1.21 bits per heavy atom. The van der Waals surface area contributed by atoms with Gasteiger partial charge in [-0.2, -0.15) is 0 Å². The number of pyridine rings is 1. The first-order valence-corrected chi connectivity index (χ1v) is 19.3. The highest BCUT2D eigenvalue weighted by Crippen LogP contribution is 2.57. The second kappa shape index (κ2) is 12.0. The number of hydrogen-bond acceptors (Lipinski definition) is 9. The summed E-state index contributed by atoms with van der Waals surface area (Å²) in [5.41, 5.74) is 3.51. The summed E-state index contributed by atoms with van der Waals surface area (Å²) in [6.45, 7) is 12.1. The Hall–Kier alpha value is -3.64. The first-order chi connectivity index (χ1) is 22.8. The summed E-state index contributed by atoms with van der Waals surface area (Å²) < 4.78 is 34.3. The Morgan fingerprint density at radius 3 is 2.65 bits per heavy atom. The number of benzene rings is 1. The number of piperidine rings is 1. The molecule has 48 heavy (non-hydrogen) atoms. The number of nitrogens with zero attached hydrogens (tertiary/aromatic N) is 3. The molecule has 7 rings (SSSR count). The first-order valence-electron chi connectivity index (χ1n) is 16.9. The molecule has 12 heteroatoms. The number of Topliss-reactive ketones (excluding diaryl/α,β-unsaturated/α-hetero) is 1. The minimum atomic E-state index is -3.78. The van der Waals surface area contributed by atoms with Gasteiger partial charge in [-0.3, -0.25) is 19.1 Å². The Labute approximate surface area is 285 Å². The molecule has 4 heterocycles. The molecular weight excluding hydrogens is 649 g/mol. The molecule has 0 radical (unpaired) electrons. The minimum absolute atomic E-state index is 0.0997. The van der Waals surface area contributed by atoms with E-state index in [-0.39, 0.29) is 42.4 Å². The van der Waals surface area contributed by atoms with Crippen LogP contribution in [0.4, 0.5) is 0 Å². The van der Waals surface area contributed by atoms with Gasteiger partial charge in [-0.1, -0.05) is 26.0 Å². The topological polar surface area (TPSA) is 136 Å². The number of allylic oxidation sites excluding steroid dienone is 1. The Kier molecular flexibility index (Phi) is 8.25. The minimum Gasteiger partial charge on any atom is -0.487 e. The third kappa shape index (κ3) is 5.74. The van der Waals surface area contributed by atoms with Gasteiger partial charge in [0, 0.05) is 36.1 Å². The van der Waals surface area contributed by atoms with Crippen LogP contribution in [-0.4, -0.2) is 64.3 Å². The fourth-order valence-corrected chi connectivity index (χ4v) is 9.76. The van der Waals surface area contributed by atoms with E-state index in [4.69, 9.17) is 14.7 Å². The maximum atomic E-state index is 14.1. The number of nitrogens with one attached hydrogen (secondary N) is 1. The molecule has 2 aliphatic carbocycles. The van der Waals surface area contributed by atoms with Gasteiger partial charge in [0.25, 0.3) is 0 Å². The fraction of sp³-hybridized carbons (Fsp3) is 0.528. The van der Waals surface area contributed by atoms with Crippen molar-refractivity contribution in [1.29, 1.82) is 0 Å². The molecule has 0 bridgehead atoms. The van der Waals surface area contributed by atoms with Crippen LogP contribution in [0, 0.1) is 25.2 Å². The molecule has 5 atom stereocenters. The van der Waals surface area contributed by atoms with Crippen molar-refractivity contribution in [2.24, 2.45) is 11.3 Å². The zero-order valence-corrected chi connectivity index (χ0v) is 29.5. The van der Waals surface area contributed by atoms with Gasteiger partial charge in [-0.25, -0.2) is 18.4 Å². The molecule has 0 unspecified atom stereocenters. The molecule has 2 saturated carbocycles. The lowest BCUT2D eigenvalue weighted by Gasteiger charge is -2.35. The monoisotopic (exact) mass is 690 g/mol. The highest BCUT2D eigenvalue weighted by Gasteiger charge is 2.62. The predicted molar refractivity (Wildman–Crippen MR) is 184 cm³/mol. The van der Waals surface area contributed by atoms with Crippen LogP contribution in [0.5, 0.6) is 5.75 Å². The summed E-state index contributed by atoms with van der Waals surface area (Å²) in [5, 5.41) is 3.15. The average Bonchev–Trinajstić information content (AvgIpc) is 3.94. The number of carbonyl (C=O) groups excluding carboxylic acids is 3. The Morgan fingerprint density at radius 2 is 1.98 bits per heavy atom. The normalized spacial score (nSPS) is 26.9. The van der Waals surface area contributed by atoms with E-state index >= 15 is 0 Å². The lowest BCUT2D eigenvalue weighted by molar-refractivity contribution is -0.143. The van der Waals surface area contributed by atoms with Gasteiger partial charge in [0.1, 0.15) is 22.6 Å². The summed E-state index contributed by atoms with van der Waals surface area (Å²) in [4.78, 5) is 52.5. The Balaban J connectivity index is 1.19. The van der Waals surface area contributed by atoms with Crippen LogP contribution in [0.25, 0.3) is 21.6 Å². The van der Waals surface area contributed by atoms with Crippen molar-refractivity contribution in [2.75, 3.05) is 0 Å². The lowest BCUT2D eigenvalue weighted by Crippen LogP contribution is -2.50. The number of fused-ring (bicyclic) bond motifs is 2. The number of aromatic nitrogens is 2. The van der Waals surface area contributed by atoms with E-state index < -0.39 is 38.7 Å². The van der Waals surface area contributed by atoms with Crippen molar-refractivity contribution in [3.8, 4) is 16.5 Å². The lowest BCUT2D eigenvalue weighted by atomic mass is 9.91. The number of amides is 2. The van der Waals surface area contributed by atoms with Crippen LogP contribution in [0.2, 0.25) is 0 Å². The number of ether oxygens (including phenoxy) is 1. The summed E-state index contributed by atoms with van der Waals surface area (Å²) in [6.07, 6.45) is 4.41. The number of sulfonamides is 1. The van der Waals surface area contributed by atoms with Crippen LogP contribution in [0.1, 0.15) is 88.0 Å². The Bertz CT molecular complexity index is 1950. The molecule has 0 spiro atoms.